The van der Waals surface area contributed by atoms with E-state index in [1.54, 1.807) is 0 Å². The van der Waals surface area contributed by atoms with Gasteiger partial charge < -0.3 is 10.2 Å². The maximum atomic E-state index is 3.76. The number of hydrogen-bond donors (Lipinski definition) is 1. The second kappa shape index (κ2) is 6.84. The fourth-order valence-corrected chi connectivity index (χ4v) is 3.76. The van der Waals surface area contributed by atoms with Gasteiger partial charge in [-0.05, 0) is 46.1 Å². The Morgan fingerprint density at radius 3 is 2.79 bits per heavy atom. The van der Waals surface area contributed by atoms with Gasteiger partial charge in [-0.3, -0.25) is 4.90 Å². The van der Waals surface area contributed by atoms with Crippen LogP contribution in [-0.2, 0) is 0 Å². The fraction of sp³-hybridized carbons (Fsp3) is 0.733. The highest BCUT2D eigenvalue weighted by atomic mass is 32.1. The van der Waals surface area contributed by atoms with Crippen molar-refractivity contribution < 1.29 is 0 Å². The lowest BCUT2D eigenvalue weighted by molar-refractivity contribution is 0.0885. The lowest BCUT2D eigenvalue weighted by Gasteiger charge is -2.42. The molecule has 0 saturated carbocycles. The van der Waals surface area contributed by atoms with Crippen LogP contribution in [0.4, 0.5) is 0 Å². The lowest BCUT2D eigenvalue weighted by Crippen LogP contribution is -2.55. The van der Waals surface area contributed by atoms with Crippen LogP contribution in [0.1, 0.15) is 29.1 Å². The summed E-state index contributed by atoms with van der Waals surface area (Å²) in [5.74, 6) is 0. The van der Waals surface area contributed by atoms with Crippen LogP contribution in [0.5, 0.6) is 0 Å². The molecular weight excluding hydrogens is 254 g/mol. The average Bonchev–Trinajstić information content (AvgIpc) is 2.80. The summed E-state index contributed by atoms with van der Waals surface area (Å²) in [6, 6.07) is 5.58. The molecule has 0 aliphatic carbocycles. The van der Waals surface area contributed by atoms with E-state index in [0.29, 0.717) is 12.1 Å². The van der Waals surface area contributed by atoms with Gasteiger partial charge in [0.2, 0.25) is 0 Å². The SMILES string of the molecule is CCCNC(c1ccc(C)s1)C1CN(C)CCN1C. The molecule has 2 atom stereocenters. The predicted octanol–water partition coefficient (Wildman–Crippen LogP) is 2.34. The van der Waals surface area contributed by atoms with Crippen LogP contribution in [0.3, 0.4) is 0 Å². The highest BCUT2D eigenvalue weighted by Crippen LogP contribution is 2.28. The van der Waals surface area contributed by atoms with Crippen LogP contribution in [0.15, 0.2) is 12.1 Å². The third-order valence-corrected chi connectivity index (χ3v) is 5.05. The zero-order valence-electron chi connectivity index (χ0n) is 12.6. The number of piperazine rings is 1. The summed E-state index contributed by atoms with van der Waals surface area (Å²) < 4.78 is 0. The van der Waals surface area contributed by atoms with Gasteiger partial charge in [0.05, 0.1) is 6.04 Å². The third-order valence-electron chi connectivity index (χ3n) is 3.97. The summed E-state index contributed by atoms with van der Waals surface area (Å²) in [6.07, 6.45) is 1.19. The van der Waals surface area contributed by atoms with E-state index in [9.17, 15) is 0 Å². The van der Waals surface area contributed by atoms with E-state index in [4.69, 9.17) is 0 Å². The highest BCUT2D eigenvalue weighted by molar-refractivity contribution is 7.12. The topological polar surface area (TPSA) is 18.5 Å². The summed E-state index contributed by atoms with van der Waals surface area (Å²) in [6.45, 7) is 9.01. The molecule has 0 aromatic carbocycles. The molecule has 1 aromatic rings. The lowest BCUT2D eigenvalue weighted by atomic mass is 10.0. The van der Waals surface area contributed by atoms with E-state index >= 15 is 0 Å². The van der Waals surface area contributed by atoms with E-state index in [-0.39, 0.29) is 0 Å². The largest absolute Gasteiger partial charge is 0.308 e. The standard InChI is InChI=1S/C15H27N3S/c1-5-8-16-15(14-7-6-12(2)19-14)13-11-17(3)9-10-18(13)4/h6-7,13,15-16H,5,8-11H2,1-4H3. The first-order chi connectivity index (χ1) is 9.11. The smallest absolute Gasteiger partial charge is 0.0585 e. The molecule has 2 unspecified atom stereocenters. The van der Waals surface area contributed by atoms with Crippen molar-refractivity contribution in [3.63, 3.8) is 0 Å². The molecule has 0 spiro atoms. The number of rotatable bonds is 5. The van der Waals surface area contributed by atoms with Gasteiger partial charge in [0.1, 0.15) is 0 Å². The zero-order chi connectivity index (χ0) is 13.8. The Kier molecular flexibility index (Phi) is 5.39. The molecule has 1 aliphatic heterocycles. The molecule has 0 amide bonds. The predicted molar refractivity (Wildman–Crippen MR) is 84.0 cm³/mol. The summed E-state index contributed by atoms with van der Waals surface area (Å²) in [7, 11) is 4.50. The monoisotopic (exact) mass is 281 g/mol. The minimum absolute atomic E-state index is 0.464. The number of likely N-dealkylation sites (N-methyl/N-ethyl adjacent to an activating group) is 2. The maximum Gasteiger partial charge on any atom is 0.0585 e. The van der Waals surface area contributed by atoms with Gasteiger partial charge in [0, 0.05) is 35.4 Å². The van der Waals surface area contributed by atoms with Gasteiger partial charge in [-0.2, -0.15) is 0 Å². The second-order valence-corrected chi connectivity index (χ2v) is 7.01. The van der Waals surface area contributed by atoms with Crippen molar-refractivity contribution in [3.8, 4) is 0 Å². The summed E-state index contributed by atoms with van der Waals surface area (Å²) in [5.41, 5.74) is 0. The molecule has 1 saturated heterocycles. The van der Waals surface area contributed by atoms with Crippen LogP contribution < -0.4 is 5.32 Å². The third kappa shape index (κ3) is 3.78. The van der Waals surface area contributed by atoms with Crippen molar-refractivity contribution in [2.75, 3.05) is 40.3 Å². The van der Waals surface area contributed by atoms with Crippen molar-refractivity contribution in [2.24, 2.45) is 0 Å². The summed E-state index contributed by atoms with van der Waals surface area (Å²) in [4.78, 5) is 7.86. The van der Waals surface area contributed by atoms with Crippen LogP contribution in [0.25, 0.3) is 0 Å². The van der Waals surface area contributed by atoms with Crippen molar-refractivity contribution in [3.05, 3.63) is 21.9 Å². The van der Waals surface area contributed by atoms with Gasteiger partial charge in [-0.25, -0.2) is 0 Å². The van der Waals surface area contributed by atoms with Crippen molar-refractivity contribution in [1.82, 2.24) is 15.1 Å². The van der Waals surface area contributed by atoms with Crippen LogP contribution >= 0.6 is 11.3 Å². The quantitative estimate of drug-likeness (QED) is 0.894. The van der Waals surface area contributed by atoms with Crippen molar-refractivity contribution in [1.29, 1.82) is 0 Å². The van der Waals surface area contributed by atoms with Gasteiger partial charge in [0.25, 0.3) is 0 Å². The molecule has 2 rings (SSSR count). The second-order valence-electron chi connectivity index (χ2n) is 5.69. The molecule has 2 heterocycles. The van der Waals surface area contributed by atoms with Crippen molar-refractivity contribution in [2.45, 2.75) is 32.4 Å². The first-order valence-corrected chi connectivity index (χ1v) is 8.12. The highest BCUT2D eigenvalue weighted by Gasteiger charge is 2.31. The molecule has 19 heavy (non-hydrogen) atoms. The Bertz CT molecular complexity index is 390. The molecule has 0 bridgehead atoms. The van der Waals surface area contributed by atoms with Crippen LogP contribution in [0.2, 0.25) is 0 Å². The van der Waals surface area contributed by atoms with Crippen LogP contribution in [0, 0.1) is 6.92 Å². The molecule has 1 aromatic heterocycles. The average molecular weight is 281 g/mol. The zero-order valence-corrected chi connectivity index (χ0v) is 13.5. The number of nitrogens with one attached hydrogen (secondary N) is 1. The van der Waals surface area contributed by atoms with Gasteiger partial charge in [-0.15, -0.1) is 11.3 Å². The molecule has 1 fully saturated rings. The molecule has 3 nitrogen and oxygen atoms in total. The molecule has 1 aliphatic rings. The molecule has 4 heteroatoms. The molecule has 1 N–H and O–H groups in total. The summed E-state index contributed by atoms with van der Waals surface area (Å²) in [5, 5.41) is 3.76. The first kappa shape index (κ1) is 15.0. The Hall–Kier alpha value is -0.420. The molecular formula is C15H27N3S. The Labute approximate surface area is 121 Å². The molecule has 108 valence electrons. The minimum atomic E-state index is 0.464. The van der Waals surface area contributed by atoms with Gasteiger partial charge >= 0.3 is 0 Å². The summed E-state index contributed by atoms with van der Waals surface area (Å²) >= 11 is 1.94. The van der Waals surface area contributed by atoms with Crippen LogP contribution in [-0.4, -0.2) is 56.1 Å². The Morgan fingerprint density at radius 1 is 1.37 bits per heavy atom. The Balaban J connectivity index is 2.16. The van der Waals surface area contributed by atoms with Crippen molar-refractivity contribution >= 4 is 11.3 Å². The number of aryl methyl sites for hydroxylation is 1. The maximum absolute atomic E-state index is 3.76. The van der Waals surface area contributed by atoms with Gasteiger partial charge in [0.15, 0.2) is 0 Å². The van der Waals surface area contributed by atoms with E-state index in [1.165, 1.54) is 22.7 Å². The van der Waals surface area contributed by atoms with Gasteiger partial charge in [-0.1, -0.05) is 6.92 Å². The number of nitrogens with zero attached hydrogens (tertiary/aromatic N) is 2. The van der Waals surface area contributed by atoms with E-state index < -0.39 is 0 Å². The fourth-order valence-electron chi connectivity index (χ4n) is 2.75. The number of hydrogen-bond acceptors (Lipinski definition) is 4. The molecule has 0 radical (unpaired) electrons. The number of thiophene rings is 1. The normalized spacial score (nSPS) is 23.7. The van der Waals surface area contributed by atoms with E-state index in [1.807, 2.05) is 11.3 Å². The Morgan fingerprint density at radius 2 is 2.16 bits per heavy atom. The first-order valence-electron chi connectivity index (χ1n) is 7.30. The van der Waals surface area contributed by atoms with E-state index in [2.05, 4.69) is 55.2 Å². The van der Waals surface area contributed by atoms with E-state index in [0.717, 1.165) is 19.6 Å². The minimum Gasteiger partial charge on any atom is -0.308 e.